The first-order valence-electron chi connectivity index (χ1n) is 8.30. The Bertz CT molecular complexity index is 689. The molecule has 2 fully saturated rings. The summed E-state index contributed by atoms with van der Waals surface area (Å²) in [6, 6.07) is 10.1. The highest BCUT2D eigenvalue weighted by Gasteiger charge is 2.38. The maximum atomic E-state index is 6.45. The summed E-state index contributed by atoms with van der Waals surface area (Å²) in [5.74, 6) is 3.13. The second kappa shape index (κ2) is 6.20. The number of ether oxygens (including phenoxy) is 2. The number of piperidine rings is 1. The van der Waals surface area contributed by atoms with Gasteiger partial charge in [-0.3, -0.25) is 4.98 Å². The maximum absolute atomic E-state index is 6.45. The van der Waals surface area contributed by atoms with Gasteiger partial charge >= 0.3 is 0 Å². The second-order valence-corrected chi connectivity index (χ2v) is 6.48. The summed E-state index contributed by atoms with van der Waals surface area (Å²) in [6.45, 7) is 2.20. The molecule has 23 heavy (non-hydrogen) atoms. The third kappa shape index (κ3) is 2.79. The van der Waals surface area contributed by atoms with Gasteiger partial charge in [-0.1, -0.05) is 18.2 Å². The molecule has 1 aliphatic heterocycles. The van der Waals surface area contributed by atoms with Crippen LogP contribution in [0.5, 0.6) is 11.5 Å². The molecule has 1 saturated heterocycles. The molecule has 0 amide bonds. The maximum Gasteiger partial charge on any atom is 0.129 e. The van der Waals surface area contributed by atoms with E-state index in [0.717, 1.165) is 48.1 Å². The van der Waals surface area contributed by atoms with Crippen molar-refractivity contribution in [2.75, 3.05) is 20.2 Å². The van der Waals surface area contributed by atoms with E-state index in [4.69, 9.17) is 9.47 Å². The molecule has 2 aromatic rings. The van der Waals surface area contributed by atoms with Crippen LogP contribution in [0.4, 0.5) is 0 Å². The highest BCUT2D eigenvalue weighted by molar-refractivity contribution is 5.74. The lowest BCUT2D eigenvalue weighted by molar-refractivity contribution is 0.161. The van der Waals surface area contributed by atoms with Gasteiger partial charge in [-0.2, -0.15) is 0 Å². The number of hydrogen-bond acceptors (Lipinski definition) is 4. The highest BCUT2D eigenvalue weighted by Crippen LogP contribution is 2.40. The summed E-state index contributed by atoms with van der Waals surface area (Å²) in [5.41, 5.74) is 2.02. The van der Waals surface area contributed by atoms with Crippen LogP contribution in [0.25, 0.3) is 11.1 Å². The number of aromatic nitrogens is 1. The predicted octanol–water partition coefficient (Wildman–Crippen LogP) is 3.13. The molecule has 1 aromatic carbocycles. The third-order valence-corrected chi connectivity index (χ3v) is 5.02. The molecule has 2 bridgehead atoms. The molecule has 3 atom stereocenters. The SMILES string of the molecule is COc1ccncc1-c1ccccc1O[C@H]1C[C@@H]2CNC[C@H]1C2. The van der Waals surface area contributed by atoms with Crippen molar-refractivity contribution in [1.29, 1.82) is 0 Å². The number of methoxy groups -OCH3 is 1. The summed E-state index contributed by atoms with van der Waals surface area (Å²) in [7, 11) is 1.69. The van der Waals surface area contributed by atoms with Gasteiger partial charge in [-0.15, -0.1) is 0 Å². The molecule has 1 saturated carbocycles. The normalized spacial score (nSPS) is 26.0. The minimum Gasteiger partial charge on any atom is -0.496 e. The molecule has 120 valence electrons. The van der Waals surface area contributed by atoms with E-state index < -0.39 is 0 Å². The fourth-order valence-corrected chi connectivity index (χ4v) is 3.91. The number of pyridine rings is 1. The van der Waals surface area contributed by atoms with E-state index in [1.54, 1.807) is 13.3 Å². The minimum absolute atomic E-state index is 0.304. The number of nitrogens with one attached hydrogen (secondary N) is 1. The van der Waals surface area contributed by atoms with Crippen molar-refractivity contribution >= 4 is 0 Å². The molecule has 2 heterocycles. The van der Waals surface area contributed by atoms with Crippen molar-refractivity contribution in [2.45, 2.75) is 18.9 Å². The van der Waals surface area contributed by atoms with Crippen molar-refractivity contribution in [3.63, 3.8) is 0 Å². The Kier molecular flexibility index (Phi) is 3.92. The molecule has 1 aromatic heterocycles. The largest absolute Gasteiger partial charge is 0.496 e. The molecule has 0 spiro atoms. The van der Waals surface area contributed by atoms with Gasteiger partial charge in [0.1, 0.15) is 17.6 Å². The van der Waals surface area contributed by atoms with Crippen molar-refractivity contribution in [1.82, 2.24) is 10.3 Å². The predicted molar refractivity (Wildman–Crippen MR) is 89.7 cm³/mol. The Morgan fingerprint density at radius 1 is 1.04 bits per heavy atom. The van der Waals surface area contributed by atoms with Crippen LogP contribution in [0.2, 0.25) is 0 Å². The number of para-hydroxylation sites is 1. The second-order valence-electron chi connectivity index (χ2n) is 6.48. The van der Waals surface area contributed by atoms with Crippen molar-refractivity contribution in [3.8, 4) is 22.6 Å². The van der Waals surface area contributed by atoms with Crippen LogP contribution in [0.3, 0.4) is 0 Å². The lowest BCUT2D eigenvalue weighted by atomic mass is 10.0. The Labute approximate surface area is 136 Å². The Hall–Kier alpha value is -2.07. The number of fused-ring (bicyclic) bond motifs is 2. The van der Waals surface area contributed by atoms with Crippen LogP contribution in [-0.4, -0.2) is 31.3 Å². The first-order valence-corrected chi connectivity index (χ1v) is 8.30. The van der Waals surface area contributed by atoms with Crippen molar-refractivity contribution < 1.29 is 9.47 Å². The number of benzene rings is 1. The lowest BCUT2D eigenvalue weighted by Gasteiger charge is -2.24. The van der Waals surface area contributed by atoms with Gasteiger partial charge in [0.25, 0.3) is 0 Å². The molecular weight excluding hydrogens is 288 g/mol. The van der Waals surface area contributed by atoms with Crippen LogP contribution in [0, 0.1) is 11.8 Å². The van der Waals surface area contributed by atoms with Crippen LogP contribution in [0.1, 0.15) is 12.8 Å². The summed E-state index contributed by atoms with van der Waals surface area (Å²) in [5, 5.41) is 3.52. The summed E-state index contributed by atoms with van der Waals surface area (Å²) < 4.78 is 11.9. The number of hydrogen-bond donors (Lipinski definition) is 1. The van der Waals surface area contributed by atoms with E-state index in [1.807, 2.05) is 24.4 Å². The van der Waals surface area contributed by atoms with Crippen LogP contribution < -0.4 is 14.8 Å². The van der Waals surface area contributed by atoms with Gasteiger partial charge in [0.2, 0.25) is 0 Å². The zero-order valence-electron chi connectivity index (χ0n) is 13.4. The first kappa shape index (κ1) is 14.5. The van der Waals surface area contributed by atoms with Crippen molar-refractivity contribution in [2.24, 2.45) is 11.8 Å². The van der Waals surface area contributed by atoms with Crippen molar-refractivity contribution in [3.05, 3.63) is 42.7 Å². The molecule has 1 N–H and O–H groups in total. The quantitative estimate of drug-likeness (QED) is 0.942. The smallest absolute Gasteiger partial charge is 0.129 e. The highest BCUT2D eigenvalue weighted by atomic mass is 16.5. The van der Waals surface area contributed by atoms with Gasteiger partial charge in [0.05, 0.1) is 7.11 Å². The Morgan fingerprint density at radius 2 is 1.96 bits per heavy atom. The molecule has 0 unspecified atom stereocenters. The fraction of sp³-hybridized carbons (Fsp3) is 0.421. The third-order valence-electron chi connectivity index (χ3n) is 5.02. The Balaban J connectivity index is 1.65. The average molecular weight is 310 g/mol. The van der Waals surface area contributed by atoms with E-state index in [0.29, 0.717) is 12.0 Å². The standard InChI is InChI=1S/C19H22N2O2/c1-22-17-6-7-20-12-16(17)15-4-2-3-5-18(15)23-19-9-13-8-14(19)11-21-10-13/h2-7,12-14,19,21H,8-11H2,1H3/t13-,14-,19+/m1/s1. The summed E-state index contributed by atoms with van der Waals surface area (Å²) >= 11 is 0. The van der Waals surface area contributed by atoms with Crippen LogP contribution in [0.15, 0.2) is 42.7 Å². The van der Waals surface area contributed by atoms with E-state index >= 15 is 0 Å². The molecule has 2 aliphatic rings. The average Bonchev–Trinajstić information content (AvgIpc) is 2.88. The monoisotopic (exact) mass is 310 g/mol. The molecular formula is C19H22N2O2. The minimum atomic E-state index is 0.304. The van der Waals surface area contributed by atoms with Gasteiger partial charge in [0.15, 0.2) is 0 Å². The van der Waals surface area contributed by atoms with Crippen LogP contribution in [-0.2, 0) is 0 Å². The fourth-order valence-electron chi connectivity index (χ4n) is 3.91. The van der Waals surface area contributed by atoms with Crippen LogP contribution >= 0.6 is 0 Å². The van der Waals surface area contributed by atoms with E-state index in [-0.39, 0.29) is 0 Å². The lowest BCUT2D eigenvalue weighted by Crippen LogP contribution is -2.34. The summed E-state index contributed by atoms with van der Waals surface area (Å²) in [6.07, 6.45) is 6.33. The van der Waals surface area contributed by atoms with E-state index in [1.165, 1.54) is 6.42 Å². The zero-order valence-corrected chi connectivity index (χ0v) is 13.4. The van der Waals surface area contributed by atoms with Gasteiger partial charge < -0.3 is 14.8 Å². The zero-order chi connectivity index (χ0) is 15.6. The van der Waals surface area contributed by atoms with E-state index in [9.17, 15) is 0 Å². The van der Waals surface area contributed by atoms with Gasteiger partial charge in [-0.25, -0.2) is 0 Å². The van der Waals surface area contributed by atoms with Gasteiger partial charge in [-0.05, 0) is 37.4 Å². The molecule has 0 radical (unpaired) electrons. The molecule has 4 heteroatoms. The molecule has 4 nitrogen and oxygen atoms in total. The number of rotatable bonds is 4. The molecule has 1 aliphatic carbocycles. The molecule has 4 rings (SSSR count). The summed E-state index contributed by atoms with van der Waals surface area (Å²) in [4.78, 5) is 4.25. The first-order chi connectivity index (χ1) is 11.3. The number of nitrogens with zero attached hydrogens (tertiary/aromatic N) is 1. The Morgan fingerprint density at radius 3 is 2.83 bits per heavy atom. The topological polar surface area (TPSA) is 43.4 Å². The van der Waals surface area contributed by atoms with Gasteiger partial charge in [0, 0.05) is 36.0 Å². The van der Waals surface area contributed by atoms with E-state index in [2.05, 4.69) is 22.4 Å².